The van der Waals surface area contributed by atoms with Crippen molar-refractivity contribution >= 4 is 23.4 Å². The molecular weight excluding hydrogens is 282 g/mol. The molecule has 0 bridgehead atoms. The highest BCUT2D eigenvalue weighted by Crippen LogP contribution is 2.20. The van der Waals surface area contributed by atoms with Crippen LogP contribution in [0.1, 0.15) is 13.8 Å². The number of carbonyl (C=O) groups excluding carboxylic acids is 1. The fourth-order valence-electron chi connectivity index (χ4n) is 1.78. The van der Waals surface area contributed by atoms with Crippen molar-refractivity contribution in [3.05, 3.63) is 54.6 Å². The molecule has 0 aromatic heterocycles. The van der Waals surface area contributed by atoms with Gasteiger partial charge >= 0.3 is 0 Å². The Morgan fingerprint density at radius 1 is 1.14 bits per heavy atom. The average Bonchev–Trinajstić information content (AvgIpc) is 2.46. The van der Waals surface area contributed by atoms with Crippen LogP contribution in [-0.4, -0.2) is 17.8 Å². The highest BCUT2D eigenvalue weighted by Gasteiger charge is 2.05. The molecule has 0 radical (unpaired) electrons. The van der Waals surface area contributed by atoms with Gasteiger partial charge in [0.2, 0.25) is 5.91 Å². The van der Waals surface area contributed by atoms with Crippen LogP contribution < -0.4 is 10.1 Å². The lowest BCUT2D eigenvalue weighted by molar-refractivity contribution is -0.113. The number of ether oxygens (including phenoxy) is 1. The maximum Gasteiger partial charge on any atom is 0.234 e. The molecule has 1 N–H and O–H groups in total. The summed E-state index contributed by atoms with van der Waals surface area (Å²) in [4.78, 5) is 13.0. The second kappa shape index (κ2) is 7.74. The minimum Gasteiger partial charge on any atom is -0.491 e. The summed E-state index contributed by atoms with van der Waals surface area (Å²) in [6, 6.07) is 17.3. The highest BCUT2D eigenvalue weighted by molar-refractivity contribution is 8.00. The van der Waals surface area contributed by atoms with E-state index in [1.807, 2.05) is 68.4 Å². The van der Waals surface area contributed by atoms with Crippen molar-refractivity contribution in [2.24, 2.45) is 0 Å². The first kappa shape index (κ1) is 15.4. The number of nitrogens with one attached hydrogen (secondary N) is 1. The van der Waals surface area contributed by atoms with E-state index in [9.17, 15) is 4.79 Å². The van der Waals surface area contributed by atoms with Gasteiger partial charge in [-0.1, -0.05) is 24.3 Å². The predicted molar refractivity (Wildman–Crippen MR) is 88.0 cm³/mol. The first-order chi connectivity index (χ1) is 10.1. The minimum atomic E-state index is -0.0226. The summed E-state index contributed by atoms with van der Waals surface area (Å²) >= 11 is 1.52. The van der Waals surface area contributed by atoms with Gasteiger partial charge in [-0.25, -0.2) is 0 Å². The summed E-state index contributed by atoms with van der Waals surface area (Å²) < 4.78 is 5.61. The number of carbonyl (C=O) groups is 1. The number of thioether (sulfide) groups is 1. The third kappa shape index (κ3) is 5.52. The molecule has 3 nitrogen and oxygen atoms in total. The van der Waals surface area contributed by atoms with Gasteiger partial charge in [0.1, 0.15) is 5.75 Å². The summed E-state index contributed by atoms with van der Waals surface area (Å²) in [6.07, 6.45) is 0.115. The third-order valence-electron chi connectivity index (χ3n) is 2.60. The van der Waals surface area contributed by atoms with E-state index < -0.39 is 0 Å². The average molecular weight is 301 g/mol. The number of hydrogen-bond donors (Lipinski definition) is 1. The standard InChI is InChI=1S/C17H19NO2S/c1-13(2)20-15-8-6-7-14(11-15)18-17(19)12-21-16-9-4-3-5-10-16/h3-11,13H,12H2,1-2H3,(H,18,19). The van der Waals surface area contributed by atoms with Crippen molar-refractivity contribution in [3.8, 4) is 5.75 Å². The third-order valence-corrected chi connectivity index (χ3v) is 3.61. The maximum atomic E-state index is 11.9. The van der Waals surface area contributed by atoms with Gasteiger partial charge in [0.05, 0.1) is 11.9 Å². The molecule has 0 aliphatic heterocycles. The van der Waals surface area contributed by atoms with E-state index in [-0.39, 0.29) is 12.0 Å². The molecule has 0 fully saturated rings. The molecule has 4 heteroatoms. The van der Waals surface area contributed by atoms with E-state index in [2.05, 4.69) is 5.32 Å². The molecular formula is C17H19NO2S. The lowest BCUT2D eigenvalue weighted by Gasteiger charge is -2.11. The zero-order valence-electron chi connectivity index (χ0n) is 12.2. The van der Waals surface area contributed by atoms with Crippen LogP contribution in [0.5, 0.6) is 5.75 Å². The number of hydrogen-bond acceptors (Lipinski definition) is 3. The monoisotopic (exact) mass is 301 g/mol. The Morgan fingerprint density at radius 3 is 2.62 bits per heavy atom. The molecule has 0 saturated carbocycles. The van der Waals surface area contributed by atoms with Crippen LogP contribution in [0.15, 0.2) is 59.5 Å². The molecule has 0 heterocycles. The first-order valence-corrected chi connectivity index (χ1v) is 7.86. The molecule has 21 heavy (non-hydrogen) atoms. The Labute approximate surface area is 129 Å². The Hall–Kier alpha value is -1.94. The molecule has 110 valence electrons. The quantitative estimate of drug-likeness (QED) is 0.812. The van der Waals surface area contributed by atoms with E-state index >= 15 is 0 Å². The van der Waals surface area contributed by atoms with E-state index in [1.54, 1.807) is 0 Å². The second-order valence-corrected chi connectivity index (χ2v) is 5.89. The van der Waals surface area contributed by atoms with Crippen molar-refractivity contribution in [1.29, 1.82) is 0 Å². The zero-order chi connectivity index (χ0) is 15.1. The normalized spacial score (nSPS) is 10.4. The largest absolute Gasteiger partial charge is 0.491 e. The summed E-state index contributed by atoms with van der Waals surface area (Å²) in [5, 5.41) is 2.89. The number of anilines is 1. The maximum absolute atomic E-state index is 11.9. The molecule has 2 aromatic carbocycles. The molecule has 0 unspecified atom stereocenters. The first-order valence-electron chi connectivity index (χ1n) is 6.88. The Kier molecular flexibility index (Phi) is 5.69. The smallest absolute Gasteiger partial charge is 0.234 e. The number of amides is 1. The van der Waals surface area contributed by atoms with Gasteiger partial charge in [-0.05, 0) is 38.1 Å². The Bertz CT molecular complexity index is 584. The van der Waals surface area contributed by atoms with Crippen LogP contribution in [0.25, 0.3) is 0 Å². The van der Waals surface area contributed by atoms with E-state index in [4.69, 9.17) is 4.74 Å². The SMILES string of the molecule is CC(C)Oc1cccc(NC(=O)CSc2ccccc2)c1. The van der Waals surface area contributed by atoms with Crippen LogP contribution in [0, 0.1) is 0 Å². The van der Waals surface area contributed by atoms with Gasteiger partial charge in [0.25, 0.3) is 0 Å². The van der Waals surface area contributed by atoms with Crippen LogP contribution in [0.4, 0.5) is 5.69 Å². The highest BCUT2D eigenvalue weighted by atomic mass is 32.2. The van der Waals surface area contributed by atoms with Gasteiger partial charge in [-0.2, -0.15) is 0 Å². The molecule has 1 amide bonds. The lowest BCUT2D eigenvalue weighted by Crippen LogP contribution is -2.14. The molecule has 0 spiro atoms. The molecule has 0 atom stereocenters. The van der Waals surface area contributed by atoms with Gasteiger partial charge in [0.15, 0.2) is 0 Å². The summed E-state index contributed by atoms with van der Waals surface area (Å²) in [6.45, 7) is 3.95. The fourth-order valence-corrected chi connectivity index (χ4v) is 2.50. The van der Waals surface area contributed by atoms with Crippen molar-refractivity contribution in [2.45, 2.75) is 24.8 Å². The van der Waals surface area contributed by atoms with Crippen LogP contribution in [0.3, 0.4) is 0 Å². The van der Waals surface area contributed by atoms with Crippen LogP contribution in [-0.2, 0) is 4.79 Å². The number of rotatable bonds is 6. The van der Waals surface area contributed by atoms with Crippen LogP contribution in [0.2, 0.25) is 0 Å². The van der Waals surface area contributed by atoms with E-state index in [0.717, 1.165) is 16.3 Å². The topological polar surface area (TPSA) is 38.3 Å². The summed E-state index contributed by atoms with van der Waals surface area (Å²) in [5.41, 5.74) is 0.756. The zero-order valence-corrected chi connectivity index (χ0v) is 13.0. The van der Waals surface area contributed by atoms with Gasteiger partial charge in [-0.3, -0.25) is 4.79 Å². The van der Waals surface area contributed by atoms with Gasteiger partial charge < -0.3 is 10.1 Å². The van der Waals surface area contributed by atoms with Crippen molar-refractivity contribution in [1.82, 2.24) is 0 Å². The lowest BCUT2D eigenvalue weighted by atomic mass is 10.3. The summed E-state index contributed by atoms with van der Waals surface area (Å²) in [7, 11) is 0. The number of benzene rings is 2. The van der Waals surface area contributed by atoms with Crippen LogP contribution >= 0.6 is 11.8 Å². The van der Waals surface area contributed by atoms with Crippen molar-refractivity contribution in [2.75, 3.05) is 11.1 Å². The van der Waals surface area contributed by atoms with Crippen molar-refractivity contribution < 1.29 is 9.53 Å². The van der Waals surface area contributed by atoms with Gasteiger partial charge in [-0.15, -0.1) is 11.8 Å². The molecule has 2 aromatic rings. The minimum absolute atomic E-state index is 0.0226. The molecule has 0 aliphatic rings. The second-order valence-electron chi connectivity index (χ2n) is 4.84. The fraction of sp³-hybridized carbons (Fsp3) is 0.235. The van der Waals surface area contributed by atoms with Gasteiger partial charge in [0, 0.05) is 16.6 Å². The van der Waals surface area contributed by atoms with Crippen molar-refractivity contribution in [3.63, 3.8) is 0 Å². The van der Waals surface area contributed by atoms with E-state index in [1.165, 1.54) is 11.8 Å². The summed E-state index contributed by atoms with van der Waals surface area (Å²) in [5.74, 6) is 1.13. The molecule has 0 aliphatic carbocycles. The predicted octanol–water partition coefficient (Wildman–Crippen LogP) is 4.20. The Morgan fingerprint density at radius 2 is 1.90 bits per heavy atom. The Balaban J connectivity index is 1.87. The molecule has 2 rings (SSSR count). The van der Waals surface area contributed by atoms with E-state index in [0.29, 0.717) is 5.75 Å². The molecule has 0 saturated heterocycles.